The minimum Gasteiger partial charge on any atom is -0.460 e. The number of nitriles is 1. The van der Waals surface area contributed by atoms with Gasteiger partial charge >= 0.3 is 0 Å². The van der Waals surface area contributed by atoms with Crippen LogP contribution in [-0.4, -0.2) is 17.9 Å². The molecule has 0 fully saturated rings. The van der Waals surface area contributed by atoms with Crippen LogP contribution in [0.1, 0.15) is 46.7 Å². The van der Waals surface area contributed by atoms with Gasteiger partial charge in [-0.1, -0.05) is 47.5 Å². The number of carbonyl (C=O) groups is 2. The number of carbonyl (C=O) groups excluding carboxylic acids is 2. The van der Waals surface area contributed by atoms with Gasteiger partial charge in [-0.25, -0.2) is 0 Å². The van der Waals surface area contributed by atoms with Crippen LogP contribution in [0.2, 0.25) is 10.0 Å². The maximum absolute atomic E-state index is 12.9. The topological polar surface area (TPSA) is 121 Å². The minimum absolute atomic E-state index is 0.123. The van der Waals surface area contributed by atoms with E-state index >= 15 is 0 Å². The molecule has 4 rings (SSSR count). The third kappa shape index (κ3) is 7.17. The monoisotopic (exact) mass is 574 g/mol. The molecule has 40 heavy (non-hydrogen) atoms. The Labute approximate surface area is 242 Å². The average molecular weight is 575 g/mol. The van der Waals surface area contributed by atoms with Crippen molar-refractivity contribution in [1.29, 1.82) is 5.26 Å². The Morgan fingerprint density at radius 1 is 1.00 bits per heavy atom. The van der Waals surface area contributed by atoms with Crippen LogP contribution in [0, 0.1) is 11.3 Å². The number of nitrogens with two attached hydrogens (primary N) is 1. The van der Waals surface area contributed by atoms with Crippen LogP contribution in [0.15, 0.2) is 83.3 Å². The molecule has 0 bridgehead atoms. The van der Waals surface area contributed by atoms with Crippen LogP contribution >= 0.6 is 23.2 Å². The predicted molar refractivity (Wildman–Crippen MR) is 156 cm³/mol. The molecule has 3 aromatic carbocycles. The first kappa shape index (κ1) is 29.1. The Morgan fingerprint density at radius 2 is 1.70 bits per heavy atom. The number of benzene rings is 3. The van der Waals surface area contributed by atoms with Gasteiger partial charge < -0.3 is 15.5 Å². The first-order valence-corrected chi connectivity index (χ1v) is 13.3. The number of halogens is 2. The quantitative estimate of drug-likeness (QED) is 0.226. The first-order valence-electron chi connectivity index (χ1n) is 12.6. The van der Waals surface area contributed by atoms with Gasteiger partial charge in [0.15, 0.2) is 0 Å². The maximum atomic E-state index is 12.9. The highest BCUT2D eigenvalue weighted by atomic mass is 35.5. The van der Waals surface area contributed by atoms with Crippen LogP contribution in [0.5, 0.6) is 0 Å². The molecule has 204 valence electrons. The molecule has 0 aliphatic rings. The van der Waals surface area contributed by atoms with Gasteiger partial charge in [0.2, 0.25) is 5.91 Å². The second-order valence-electron chi connectivity index (χ2n) is 9.88. The van der Waals surface area contributed by atoms with E-state index in [0.29, 0.717) is 34.2 Å². The second-order valence-corrected chi connectivity index (χ2v) is 10.7. The molecule has 9 heteroatoms. The molecule has 0 unspecified atom stereocenters. The Bertz CT molecular complexity index is 1550. The van der Waals surface area contributed by atoms with Crippen molar-refractivity contribution in [2.24, 2.45) is 5.73 Å². The number of hydrogen-bond donors (Lipinski definition) is 3. The van der Waals surface area contributed by atoms with E-state index in [1.165, 1.54) is 0 Å². The smallest absolute Gasteiger partial charge is 0.259 e. The molecule has 0 radical (unpaired) electrons. The van der Waals surface area contributed by atoms with Crippen molar-refractivity contribution < 1.29 is 14.0 Å². The molecule has 0 aliphatic carbocycles. The molecule has 2 amide bonds. The van der Waals surface area contributed by atoms with Gasteiger partial charge in [0.05, 0.1) is 34.8 Å². The number of hydrogen-bond acceptors (Lipinski definition) is 6. The lowest BCUT2D eigenvalue weighted by Gasteiger charge is -2.26. The summed E-state index contributed by atoms with van der Waals surface area (Å²) in [6.45, 7) is 4.62. The molecule has 0 saturated carbocycles. The van der Waals surface area contributed by atoms with E-state index < -0.39 is 17.9 Å². The summed E-state index contributed by atoms with van der Waals surface area (Å²) in [5.74, 6) is -0.0339. The Hall–Kier alpha value is -3.93. The summed E-state index contributed by atoms with van der Waals surface area (Å²) in [6.07, 6.45) is 0.205. The molecule has 7 nitrogen and oxygen atoms in total. The van der Waals surface area contributed by atoms with E-state index in [1.807, 2.05) is 42.5 Å². The second kappa shape index (κ2) is 12.5. The molecule has 0 aliphatic heterocycles. The van der Waals surface area contributed by atoms with E-state index in [2.05, 4.69) is 24.5 Å². The molecule has 0 spiro atoms. The number of nitrogens with zero attached hydrogens (tertiary/aromatic N) is 1. The summed E-state index contributed by atoms with van der Waals surface area (Å²) in [6, 6.07) is 24.1. The van der Waals surface area contributed by atoms with Gasteiger partial charge in [0.1, 0.15) is 11.5 Å². The largest absolute Gasteiger partial charge is 0.460 e. The molecule has 1 aromatic heterocycles. The lowest BCUT2D eigenvalue weighted by molar-refractivity contribution is -0.121. The van der Waals surface area contributed by atoms with Crippen molar-refractivity contribution in [3.8, 4) is 17.4 Å². The molecule has 1 heterocycles. The molecular weight excluding hydrogens is 547 g/mol. The van der Waals surface area contributed by atoms with E-state index in [1.54, 1.807) is 42.5 Å². The van der Waals surface area contributed by atoms with Gasteiger partial charge in [0, 0.05) is 16.1 Å². The SMILES string of the molecule is CC(C)(NCc1ccc(-c2ccc(Cl)c(C(=O)NC(=O)[C@H](N)Cc3ccc(C#N)cc3)c2)o1)c1ccc(Cl)cc1. The van der Waals surface area contributed by atoms with Gasteiger partial charge in [-0.15, -0.1) is 0 Å². The zero-order chi connectivity index (χ0) is 28.9. The van der Waals surface area contributed by atoms with Crippen LogP contribution < -0.4 is 16.4 Å². The fourth-order valence-corrected chi connectivity index (χ4v) is 4.42. The number of nitrogens with one attached hydrogen (secondary N) is 2. The van der Waals surface area contributed by atoms with Gasteiger partial charge in [0.25, 0.3) is 5.91 Å². The fourth-order valence-electron chi connectivity index (χ4n) is 4.09. The Kier molecular flexibility index (Phi) is 9.08. The van der Waals surface area contributed by atoms with Crippen LogP contribution in [0.3, 0.4) is 0 Å². The number of imide groups is 1. The van der Waals surface area contributed by atoms with Crippen molar-refractivity contribution in [3.63, 3.8) is 0 Å². The van der Waals surface area contributed by atoms with Crippen LogP contribution in [-0.2, 0) is 23.3 Å². The zero-order valence-corrected chi connectivity index (χ0v) is 23.5. The van der Waals surface area contributed by atoms with Crippen molar-refractivity contribution in [2.75, 3.05) is 0 Å². The maximum Gasteiger partial charge on any atom is 0.259 e. The van der Waals surface area contributed by atoms with Crippen molar-refractivity contribution in [2.45, 2.75) is 38.4 Å². The zero-order valence-electron chi connectivity index (χ0n) is 22.0. The van der Waals surface area contributed by atoms with Crippen molar-refractivity contribution in [1.82, 2.24) is 10.6 Å². The van der Waals surface area contributed by atoms with E-state index in [-0.39, 0.29) is 22.5 Å². The van der Waals surface area contributed by atoms with E-state index in [9.17, 15) is 9.59 Å². The summed E-state index contributed by atoms with van der Waals surface area (Å²) in [5.41, 5.74) is 8.82. The first-order chi connectivity index (χ1) is 19.1. The number of amides is 2. The summed E-state index contributed by atoms with van der Waals surface area (Å²) in [5, 5.41) is 15.6. The van der Waals surface area contributed by atoms with Crippen molar-refractivity contribution in [3.05, 3.63) is 117 Å². The normalized spacial score (nSPS) is 12.0. The highest BCUT2D eigenvalue weighted by Gasteiger charge is 2.22. The Morgan fingerprint density at radius 3 is 2.38 bits per heavy atom. The average Bonchev–Trinajstić information content (AvgIpc) is 3.42. The lowest BCUT2D eigenvalue weighted by Crippen LogP contribution is -2.44. The summed E-state index contributed by atoms with van der Waals surface area (Å²) in [4.78, 5) is 25.5. The minimum atomic E-state index is -0.962. The van der Waals surface area contributed by atoms with Crippen molar-refractivity contribution >= 4 is 35.0 Å². The van der Waals surface area contributed by atoms with Crippen LogP contribution in [0.4, 0.5) is 0 Å². The van der Waals surface area contributed by atoms with E-state index in [0.717, 1.165) is 11.1 Å². The van der Waals surface area contributed by atoms with Gasteiger partial charge in [-0.05, 0) is 86.0 Å². The highest BCUT2D eigenvalue weighted by molar-refractivity contribution is 6.34. The van der Waals surface area contributed by atoms with Gasteiger partial charge in [-0.3, -0.25) is 14.9 Å². The van der Waals surface area contributed by atoms with E-state index in [4.69, 9.17) is 38.6 Å². The molecule has 0 saturated heterocycles. The predicted octanol–water partition coefficient (Wildman–Crippen LogP) is 5.98. The lowest BCUT2D eigenvalue weighted by atomic mass is 9.94. The third-order valence-electron chi connectivity index (χ3n) is 6.54. The summed E-state index contributed by atoms with van der Waals surface area (Å²) < 4.78 is 6.03. The number of rotatable bonds is 9. The highest BCUT2D eigenvalue weighted by Crippen LogP contribution is 2.28. The molecule has 4 N–H and O–H groups in total. The summed E-state index contributed by atoms with van der Waals surface area (Å²) in [7, 11) is 0. The van der Waals surface area contributed by atoms with Crippen LogP contribution in [0.25, 0.3) is 11.3 Å². The molecular formula is C31H28Cl2N4O3. The number of furan rings is 1. The third-order valence-corrected chi connectivity index (χ3v) is 7.12. The van der Waals surface area contributed by atoms with Gasteiger partial charge in [-0.2, -0.15) is 5.26 Å². The molecule has 4 aromatic rings. The standard InChI is InChI=1S/C31H28Cl2N4O3/c1-31(2,22-8-10-23(32)11-9-22)36-18-24-12-14-28(40-24)21-7-13-26(33)25(16-21)29(38)37-30(39)27(35)15-19-3-5-20(17-34)6-4-19/h3-14,16,27,36H,15,18,35H2,1-2H3,(H,37,38,39)/t27-/m1/s1. The Balaban J connectivity index is 1.40. The fraction of sp³-hybridized carbons (Fsp3) is 0.194. The molecule has 1 atom stereocenters. The summed E-state index contributed by atoms with van der Waals surface area (Å²) >= 11 is 12.3.